The minimum absolute atomic E-state index is 0.148. The fourth-order valence-corrected chi connectivity index (χ4v) is 2.21. The Bertz CT molecular complexity index is 389. The van der Waals surface area contributed by atoms with Gasteiger partial charge in [-0.3, -0.25) is 9.89 Å². The number of carbonyl (C=O) groups is 1. The highest BCUT2D eigenvalue weighted by molar-refractivity contribution is 7.99. The van der Waals surface area contributed by atoms with Gasteiger partial charge in [-0.05, 0) is 25.5 Å². The van der Waals surface area contributed by atoms with E-state index < -0.39 is 0 Å². The first kappa shape index (κ1) is 12.4. The molecule has 2 rings (SSSR count). The predicted molar refractivity (Wildman–Crippen MR) is 68.3 cm³/mol. The smallest absolute Gasteiger partial charge is 0.291 e. The summed E-state index contributed by atoms with van der Waals surface area (Å²) in [5.74, 6) is 3.41. The van der Waals surface area contributed by atoms with Gasteiger partial charge in [0.05, 0.1) is 0 Å². The Morgan fingerprint density at radius 3 is 3.06 bits per heavy atom. The number of H-pyrrole nitrogens is 1. The van der Waals surface area contributed by atoms with Crippen molar-refractivity contribution in [1.82, 2.24) is 20.5 Å². The number of hydrogen-bond acceptors (Lipinski definition) is 4. The Morgan fingerprint density at radius 1 is 1.65 bits per heavy atom. The van der Waals surface area contributed by atoms with Crippen LogP contribution in [0.15, 0.2) is 0 Å². The van der Waals surface area contributed by atoms with Gasteiger partial charge in [0.15, 0.2) is 0 Å². The zero-order valence-corrected chi connectivity index (χ0v) is 11.0. The summed E-state index contributed by atoms with van der Waals surface area (Å²) in [4.78, 5) is 16.0. The van der Waals surface area contributed by atoms with Crippen molar-refractivity contribution in [3.05, 3.63) is 11.6 Å². The van der Waals surface area contributed by atoms with Crippen molar-refractivity contribution in [3.63, 3.8) is 0 Å². The molecule has 1 amide bonds. The molecular formula is C11H18N4OS. The first-order chi connectivity index (χ1) is 8.20. The quantitative estimate of drug-likeness (QED) is 0.808. The van der Waals surface area contributed by atoms with Crippen molar-refractivity contribution < 1.29 is 4.79 Å². The third-order valence-electron chi connectivity index (χ3n) is 2.62. The normalized spacial score (nSPS) is 16.8. The van der Waals surface area contributed by atoms with Gasteiger partial charge in [-0.25, -0.2) is 4.98 Å². The number of aromatic nitrogens is 3. The van der Waals surface area contributed by atoms with Gasteiger partial charge in [-0.2, -0.15) is 11.8 Å². The van der Waals surface area contributed by atoms with E-state index in [-0.39, 0.29) is 17.8 Å². The fraction of sp³-hybridized carbons (Fsp3) is 0.727. The van der Waals surface area contributed by atoms with Crippen LogP contribution in [0.3, 0.4) is 0 Å². The van der Waals surface area contributed by atoms with Gasteiger partial charge < -0.3 is 5.32 Å². The zero-order chi connectivity index (χ0) is 12.3. The topological polar surface area (TPSA) is 70.7 Å². The Hall–Kier alpha value is -1.04. The van der Waals surface area contributed by atoms with Gasteiger partial charge in [0.25, 0.3) is 5.91 Å². The van der Waals surface area contributed by atoms with Crippen LogP contribution in [-0.4, -0.2) is 38.6 Å². The molecule has 1 saturated carbocycles. The molecule has 1 unspecified atom stereocenters. The lowest BCUT2D eigenvalue weighted by atomic mass is 10.4. The number of amides is 1. The molecule has 0 saturated heterocycles. The average Bonchev–Trinajstić information content (AvgIpc) is 3.04. The molecule has 0 radical (unpaired) electrons. The zero-order valence-electron chi connectivity index (χ0n) is 10.2. The molecule has 94 valence electrons. The van der Waals surface area contributed by atoms with Crippen LogP contribution in [0.2, 0.25) is 0 Å². The lowest BCUT2D eigenvalue weighted by Crippen LogP contribution is -2.35. The van der Waals surface area contributed by atoms with E-state index in [2.05, 4.69) is 27.4 Å². The van der Waals surface area contributed by atoms with Crippen LogP contribution >= 0.6 is 11.8 Å². The van der Waals surface area contributed by atoms with E-state index in [0.717, 1.165) is 30.2 Å². The monoisotopic (exact) mass is 254 g/mol. The Kier molecular flexibility index (Phi) is 4.04. The van der Waals surface area contributed by atoms with Crippen molar-refractivity contribution in [2.45, 2.75) is 38.6 Å². The lowest BCUT2D eigenvalue weighted by Gasteiger charge is -2.10. The predicted octanol–water partition coefficient (Wildman–Crippen LogP) is 1.55. The molecule has 1 fully saturated rings. The number of thioether (sulfide) groups is 1. The molecule has 2 N–H and O–H groups in total. The van der Waals surface area contributed by atoms with Crippen LogP contribution in [0.1, 0.15) is 49.1 Å². The standard InChI is InChI=1S/C11H18N4OS/c1-3-17-6-7(2)12-11(16)10-13-9(14-15-10)8-4-5-8/h7-8H,3-6H2,1-2H3,(H,12,16)(H,13,14,15). The van der Waals surface area contributed by atoms with Gasteiger partial charge in [0.1, 0.15) is 5.82 Å². The summed E-state index contributed by atoms with van der Waals surface area (Å²) in [6, 6.07) is 0.148. The van der Waals surface area contributed by atoms with E-state index in [1.807, 2.05) is 18.7 Å². The summed E-state index contributed by atoms with van der Waals surface area (Å²) >= 11 is 1.81. The SMILES string of the molecule is CCSCC(C)NC(=O)c1n[nH]c(C2CC2)n1. The van der Waals surface area contributed by atoms with Gasteiger partial charge in [0, 0.05) is 17.7 Å². The van der Waals surface area contributed by atoms with E-state index >= 15 is 0 Å². The third-order valence-corrected chi connectivity index (χ3v) is 3.76. The van der Waals surface area contributed by atoms with Gasteiger partial charge in [-0.15, -0.1) is 5.10 Å². The number of carbonyl (C=O) groups excluding carboxylic acids is 1. The molecular weight excluding hydrogens is 236 g/mol. The van der Waals surface area contributed by atoms with Crippen molar-refractivity contribution in [3.8, 4) is 0 Å². The van der Waals surface area contributed by atoms with Gasteiger partial charge in [-0.1, -0.05) is 6.92 Å². The molecule has 17 heavy (non-hydrogen) atoms. The largest absolute Gasteiger partial charge is 0.346 e. The molecule has 1 aromatic heterocycles. The first-order valence-corrected chi connectivity index (χ1v) is 7.17. The summed E-state index contributed by atoms with van der Waals surface area (Å²) in [5.41, 5.74) is 0. The van der Waals surface area contributed by atoms with Crippen LogP contribution < -0.4 is 5.32 Å². The first-order valence-electron chi connectivity index (χ1n) is 6.01. The molecule has 1 aliphatic rings. The van der Waals surface area contributed by atoms with Crippen LogP contribution in [0.25, 0.3) is 0 Å². The summed E-state index contributed by atoms with van der Waals surface area (Å²) in [5, 5.41) is 9.69. The average molecular weight is 254 g/mol. The highest BCUT2D eigenvalue weighted by Gasteiger charge is 2.28. The van der Waals surface area contributed by atoms with Crippen molar-refractivity contribution >= 4 is 17.7 Å². The van der Waals surface area contributed by atoms with E-state index in [0.29, 0.717) is 5.92 Å². The molecule has 5 nitrogen and oxygen atoms in total. The Labute approximate surface area is 105 Å². The molecule has 6 heteroatoms. The maximum atomic E-state index is 11.8. The maximum Gasteiger partial charge on any atom is 0.291 e. The van der Waals surface area contributed by atoms with Crippen LogP contribution in [0.5, 0.6) is 0 Å². The van der Waals surface area contributed by atoms with Crippen molar-refractivity contribution in [1.29, 1.82) is 0 Å². The molecule has 0 aromatic carbocycles. The third kappa shape index (κ3) is 3.46. The van der Waals surface area contributed by atoms with Gasteiger partial charge >= 0.3 is 0 Å². The Morgan fingerprint density at radius 2 is 2.41 bits per heavy atom. The number of hydrogen-bond donors (Lipinski definition) is 2. The number of rotatable bonds is 6. The second kappa shape index (κ2) is 5.53. The van der Waals surface area contributed by atoms with E-state index in [9.17, 15) is 4.79 Å². The van der Waals surface area contributed by atoms with Gasteiger partial charge in [0.2, 0.25) is 5.82 Å². The van der Waals surface area contributed by atoms with Crippen molar-refractivity contribution in [2.24, 2.45) is 0 Å². The fourth-order valence-electron chi connectivity index (χ4n) is 1.54. The lowest BCUT2D eigenvalue weighted by molar-refractivity contribution is 0.0933. The summed E-state index contributed by atoms with van der Waals surface area (Å²) < 4.78 is 0. The maximum absolute atomic E-state index is 11.8. The molecule has 1 heterocycles. The molecule has 0 bridgehead atoms. The molecule has 0 aliphatic heterocycles. The second-order valence-corrected chi connectivity index (χ2v) is 5.67. The highest BCUT2D eigenvalue weighted by atomic mass is 32.2. The van der Waals surface area contributed by atoms with Crippen molar-refractivity contribution in [2.75, 3.05) is 11.5 Å². The molecule has 1 aliphatic carbocycles. The summed E-state index contributed by atoms with van der Waals surface area (Å²) in [7, 11) is 0. The van der Waals surface area contributed by atoms with Crippen LogP contribution in [0, 0.1) is 0 Å². The van der Waals surface area contributed by atoms with E-state index in [1.54, 1.807) is 0 Å². The second-order valence-electron chi connectivity index (χ2n) is 4.35. The number of aromatic amines is 1. The summed E-state index contributed by atoms with van der Waals surface area (Å²) in [6.45, 7) is 4.10. The van der Waals surface area contributed by atoms with E-state index in [4.69, 9.17) is 0 Å². The summed E-state index contributed by atoms with van der Waals surface area (Å²) in [6.07, 6.45) is 2.31. The van der Waals surface area contributed by atoms with E-state index in [1.165, 1.54) is 0 Å². The molecule has 1 atom stereocenters. The Balaban J connectivity index is 1.85. The number of nitrogens with one attached hydrogen (secondary N) is 2. The van der Waals surface area contributed by atoms with Crippen LogP contribution in [0.4, 0.5) is 0 Å². The minimum atomic E-state index is -0.183. The van der Waals surface area contributed by atoms with Crippen LogP contribution in [-0.2, 0) is 0 Å². The number of nitrogens with zero attached hydrogens (tertiary/aromatic N) is 2. The highest BCUT2D eigenvalue weighted by Crippen LogP contribution is 2.37. The molecule has 1 aromatic rings. The minimum Gasteiger partial charge on any atom is -0.346 e. The molecule has 0 spiro atoms.